The predicted octanol–water partition coefficient (Wildman–Crippen LogP) is 3.11. The van der Waals surface area contributed by atoms with Crippen molar-refractivity contribution >= 4 is 5.69 Å². The molecular formula is C12H8FNO3. The van der Waals surface area contributed by atoms with Gasteiger partial charge in [0.25, 0.3) is 5.69 Å². The summed E-state index contributed by atoms with van der Waals surface area (Å²) < 4.78 is 13.6. The average Bonchev–Trinajstić information content (AvgIpc) is 2.30. The van der Waals surface area contributed by atoms with E-state index in [1.807, 2.05) is 0 Å². The minimum absolute atomic E-state index is 0.0797. The van der Waals surface area contributed by atoms with Gasteiger partial charge >= 0.3 is 0 Å². The lowest BCUT2D eigenvalue weighted by Crippen LogP contribution is -1.91. The third kappa shape index (κ3) is 2.23. The van der Waals surface area contributed by atoms with Crippen LogP contribution in [-0.2, 0) is 0 Å². The molecule has 2 aromatic carbocycles. The number of phenolic OH excluding ortho intramolecular Hbond substituents is 1. The van der Waals surface area contributed by atoms with E-state index in [0.29, 0.717) is 5.56 Å². The number of hydrogen-bond donors (Lipinski definition) is 1. The topological polar surface area (TPSA) is 63.4 Å². The molecule has 0 spiro atoms. The molecular weight excluding hydrogens is 225 g/mol. The number of non-ortho nitro benzene ring substituents is 1. The second-order valence-electron chi connectivity index (χ2n) is 3.47. The van der Waals surface area contributed by atoms with Gasteiger partial charge in [-0.3, -0.25) is 10.1 Å². The highest BCUT2D eigenvalue weighted by Gasteiger charge is 2.11. The molecule has 17 heavy (non-hydrogen) atoms. The summed E-state index contributed by atoms with van der Waals surface area (Å²) in [5.74, 6) is -0.582. The normalized spacial score (nSPS) is 10.2. The number of rotatable bonds is 2. The van der Waals surface area contributed by atoms with Gasteiger partial charge < -0.3 is 5.11 Å². The van der Waals surface area contributed by atoms with Crippen LogP contribution in [-0.4, -0.2) is 10.0 Å². The zero-order valence-corrected chi connectivity index (χ0v) is 8.63. The first-order valence-corrected chi connectivity index (χ1v) is 4.81. The second kappa shape index (κ2) is 4.21. The highest BCUT2D eigenvalue weighted by atomic mass is 19.1. The molecule has 0 aliphatic rings. The zero-order valence-electron chi connectivity index (χ0n) is 8.63. The first-order valence-electron chi connectivity index (χ1n) is 4.81. The molecule has 0 aromatic heterocycles. The lowest BCUT2D eigenvalue weighted by atomic mass is 10.0. The molecule has 5 heteroatoms. The molecule has 2 rings (SSSR count). The Balaban J connectivity index is 2.46. The molecule has 0 saturated carbocycles. The maximum Gasteiger partial charge on any atom is 0.272 e. The predicted molar refractivity (Wildman–Crippen MR) is 60.2 cm³/mol. The molecule has 4 nitrogen and oxygen atoms in total. The van der Waals surface area contributed by atoms with Gasteiger partial charge in [0.2, 0.25) is 0 Å². The maximum absolute atomic E-state index is 13.6. The fraction of sp³-hybridized carbons (Fsp3) is 0. The second-order valence-corrected chi connectivity index (χ2v) is 3.47. The van der Waals surface area contributed by atoms with Crippen molar-refractivity contribution in [2.75, 3.05) is 0 Å². The summed E-state index contributed by atoms with van der Waals surface area (Å²) in [6, 6.07) is 9.40. The molecule has 0 heterocycles. The average molecular weight is 233 g/mol. The largest absolute Gasteiger partial charge is 0.508 e. The van der Waals surface area contributed by atoms with Crippen molar-refractivity contribution < 1.29 is 14.4 Å². The van der Waals surface area contributed by atoms with Gasteiger partial charge in [-0.1, -0.05) is 12.1 Å². The van der Waals surface area contributed by atoms with Gasteiger partial charge in [-0.05, 0) is 23.8 Å². The Morgan fingerprint density at radius 1 is 1.12 bits per heavy atom. The summed E-state index contributed by atoms with van der Waals surface area (Å²) in [6.45, 7) is 0. The number of benzene rings is 2. The van der Waals surface area contributed by atoms with Crippen molar-refractivity contribution in [2.45, 2.75) is 0 Å². The van der Waals surface area contributed by atoms with Crippen LogP contribution in [0, 0.1) is 15.9 Å². The van der Waals surface area contributed by atoms with E-state index in [0.717, 1.165) is 6.07 Å². The van der Waals surface area contributed by atoms with Gasteiger partial charge in [0.05, 0.1) is 11.0 Å². The van der Waals surface area contributed by atoms with Crippen molar-refractivity contribution in [3.05, 3.63) is 58.4 Å². The van der Waals surface area contributed by atoms with Crippen LogP contribution in [0.1, 0.15) is 0 Å². The number of hydrogen-bond acceptors (Lipinski definition) is 3. The van der Waals surface area contributed by atoms with Crippen molar-refractivity contribution in [3.63, 3.8) is 0 Å². The Hall–Kier alpha value is -2.43. The lowest BCUT2D eigenvalue weighted by Gasteiger charge is -2.03. The van der Waals surface area contributed by atoms with E-state index in [1.165, 1.54) is 24.3 Å². The van der Waals surface area contributed by atoms with Crippen LogP contribution in [0.25, 0.3) is 11.1 Å². The molecule has 0 saturated heterocycles. The van der Waals surface area contributed by atoms with Gasteiger partial charge in [-0.15, -0.1) is 0 Å². The first kappa shape index (κ1) is 11.1. The molecule has 1 N–H and O–H groups in total. The maximum atomic E-state index is 13.6. The Bertz CT molecular complexity index is 566. The summed E-state index contributed by atoms with van der Waals surface area (Å²) in [6.07, 6.45) is 0. The lowest BCUT2D eigenvalue weighted by molar-refractivity contribution is -0.385. The van der Waals surface area contributed by atoms with Crippen molar-refractivity contribution in [1.29, 1.82) is 0 Å². The molecule has 0 radical (unpaired) electrons. The summed E-state index contributed by atoms with van der Waals surface area (Å²) >= 11 is 0. The SMILES string of the molecule is O=[N+]([O-])c1ccc(-c2ccc(O)cc2)c(F)c1. The quantitative estimate of drug-likeness (QED) is 0.640. The van der Waals surface area contributed by atoms with Gasteiger partial charge in [0.15, 0.2) is 0 Å². The van der Waals surface area contributed by atoms with Crippen molar-refractivity contribution in [3.8, 4) is 16.9 Å². The zero-order chi connectivity index (χ0) is 12.4. The summed E-state index contributed by atoms with van der Waals surface area (Å²) in [5.41, 5.74) is 0.524. The van der Waals surface area contributed by atoms with Gasteiger partial charge in [0, 0.05) is 11.6 Å². The molecule has 0 fully saturated rings. The Morgan fingerprint density at radius 3 is 2.29 bits per heavy atom. The number of nitrogens with zero attached hydrogens (tertiary/aromatic N) is 1. The minimum atomic E-state index is -0.662. The van der Waals surface area contributed by atoms with E-state index in [-0.39, 0.29) is 17.0 Å². The smallest absolute Gasteiger partial charge is 0.272 e. The fourth-order valence-electron chi connectivity index (χ4n) is 1.49. The molecule has 2 aromatic rings. The van der Waals surface area contributed by atoms with E-state index < -0.39 is 10.7 Å². The molecule has 0 atom stereocenters. The molecule has 0 aliphatic heterocycles. The van der Waals surface area contributed by atoms with Crippen molar-refractivity contribution in [2.24, 2.45) is 0 Å². The molecule has 86 valence electrons. The summed E-state index contributed by atoms with van der Waals surface area (Å²) in [7, 11) is 0. The third-order valence-corrected chi connectivity index (χ3v) is 2.34. The van der Waals surface area contributed by atoms with E-state index in [1.54, 1.807) is 12.1 Å². The molecule has 0 amide bonds. The van der Waals surface area contributed by atoms with Crippen molar-refractivity contribution in [1.82, 2.24) is 0 Å². The summed E-state index contributed by atoms with van der Waals surface area (Å²) in [4.78, 5) is 9.80. The first-order chi connectivity index (χ1) is 8.08. The minimum Gasteiger partial charge on any atom is -0.508 e. The third-order valence-electron chi connectivity index (χ3n) is 2.34. The highest BCUT2D eigenvalue weighted by Crippen LogP contribution is 2.27. The van der Waals surface area contributed by atoms with Gasteiger partial charge in [-0.25, -0.2) is 4.39 Å². The number of aromatic hydroxyl groups is 1. The highest BCUT2D eigenvalue weighted by molar-refractivity contribution is 5.66. The van der Waals surface area contributed by atoms with E-state index in [4.69, 9.17) is 5.11 Å². The Morgan fingerprint density at radius 2 is 1.76 bits per heavy atom. The standard InChI is InChI=1S/C12H8FNO3/c13-12-7-9(14(16)17)3-6-11(12)8-1-4-10(15)5-2-8/h1-7,15H. The van der Waals surface area contributed by atoms with Crippen LogP contribution in [0.2, 0.25) is 0 Å². The number of nitro benzene ring substituents is 1. The van der Waals surface area contributed by atoms with Crippen LogP contribution in [0.3, 0.4) is 0 Å². The monoisotopic (exact) mass is 233 g/mol. The molecule has 0 aliphatic carbocycles. The number of halogens is 1. The number of nitro groups is 1. The fourth-order valence-corrected chi connectivity index (χ4v) is 1.49. The van der Waals surface area contributed by atoms with E-state index >= 15 is 0 Å². The van der Waals surface area contributed by atoms with Crippen LogP contribution in [0.5, 0.6) is 5.75 Å². The van der Waals surface area contributed by atoms with Crippen LogP contribution < -0.4 is 0 Å². The van der Waals surface area contributed by atoms with Crippen LogP contribution >= 0.6 is 0 Å². The molecule has 0 bridgehead atoms. The van der Waals surface area contributed by atoms with Gasteiger partial charge in [-0.2, -0.15) is 0 Å². The Labute approximate surface area is 96.1 Å². The Kier molecular flexibility index (Phi) is 2.74. The van der Waals surface area contributed by atoms with Crippen LogP contribution in [0.15, 0.2) is 42.5 Å². The number of phenols is 1. The van der Waals surface area contributed by atoms with E-state index in [2.05, 4.69) is 0 Å². The van der Waals surface area contributed by atoms with E-state index in [9.17, 15) is 14.5 Å². The summed E-state index contributed by atoms with van der Waals surface area (Å²) in [5, 5.41) is 19.6. The van der Waals surface area contributed by atoms with Crippen LogP contribution in [0.4, 0.5) is 10.1 Å². The molecule has 0 unspecified atom stereocenters. The van der Waals surface area contributed by atoms with Gasteiger partial charge in [0.1, 0.15) is 11.6 Å².